The number of hydrogen-bond acceptors (Lipinski definition) is 2. The molecular formula is C54H34N2O. The van der Waals surface area contributed by atoms with Crippen molar-refractivity contribution >= 4 is 38.0 Å². The summed E-state index contributed by atoms with van der Waals surface area (Å²) in [5.74, 6) is 0. The van der Waals surface area contributed by atoms with Gasteiger partial charge in [-0.05, 0) is 111 Å². The topological polar surface area (TPSA) is 34.4 Å². The fraction of sp³-hybridized carbons (Fsp3) is 0. The second-order valence-electron chi connectivity index (χ2n) is 14.7. The molecule has 266 valence electrons. The first-order chi connectivity index (χ1) is 28.2. The highest BCUT2D eigenvalue weighted by Gasteiger charge is 2.20. The largest absolute Gasteiger partial charge is 0.275 e. The van der Waals surface area contributed by atoms with E-state index >= 15 is 0 Å². The zero-order valence-electron chi connectivity index (χ0n) is 30.9. The summed E-state index contributed by atoms with van der Waals surface area (Å²) in [4.78, 5) is 19.6. The molecule has 11 aromatic rings. The normalized spacial score (nSPS) is 11.6. The summed E-state index contributed by atoms with van der Waals surface area (Å²) >= 11 is 0. The molecule has 3 heteroatoms. The van der Waals surface area contributed by atoms with Gasteiger partial charge in [0.1, 0.15) is 0 Å². The van der Waals surface area contributed by atoms with Gasteiger partial charge >= 0.3 is 0 Å². The number of rotatable bonds is 6. The standard InChI is InChI=1S/C54H34N2O/c57-54-46-24-14-13-23-45(46)48-31-43(44-33-50(37-19-9-3-10-20-37)55-51(34-44)38-21-11-4-12-22-38)32-49-47-30-39(25-26-52(47)56(54)53(48)49)42-28-40(35-15-5-1-6-16-35)27-41(29-42)36-17-7-2-8-18-36/h1-34H. The molecule has 0 aliphatic carbocycles. The second-order valence-corrected chi connectivity index (χ2v) is 14.7. The van der Waals surface area contributed by atoms with E-state index in [1.165, 1.54) is 11.1 Å². The zero-order valence-corrected chi connectivity index (χ0v) is 30.9. The van der Waals surface area contributed by atoms with Gasteiger partial charge < -0.3 is 0 Å². The molecule has 0 aliphatic rings. The average molecular weight is 727 g/mol. The number of nitrogens with zero attached hydrogens (tertiary/aromatic N) is 2. The molecule has 57 heavy (non-hydrogen) atoms. The number of hydrogen-bond donors (Lipinski definition) is 0. The lowest BCUT2D eigenvalue weighted by Crippen LogP contribution is -2.12. The Kier molecular flexibility index (Phi) is 7.65. The van der Waals surface area contributed by atoms with E-state index < -0.39 is 0 Å². The Hall–Kier alpha value is -7.62. The summed E-state index contributed by atoms with van der Waals surface area (Å²) in [5, 5.41) is 4.79. The van der Waals surface area contributed by atoms with E-state index in [0.29, 0.717) is 5.39 Å². The lowest BCUT2D eigenvalue weighted by Gasteiger charge is -2.12. The molecule has 0 spiro atoms. The van der Waals surface area contributed by atoms with Gasteiger partial charge in [-0.2, -0.15) is 0 Å². The number of fused-ring (bicyclic) bond motifs is 5. The van der Waals surface area contributed by atoms with Gasteiger partial charge in [0.05, 0.1) is 22.4 Å². The monoisotopic (exact) mass is 726 g/mol. The smallest absolute Gasteiger partial charge is 0.263 e. The molecule has 0 saturated heterocycles. The van der Waals surface area contributed by atoms with E-state index in [2.05, 4.69) is 176 Å². The van der Waals surface area contributed by atoms with Crippen molar-refractivity contribution < 1.29 is 0 Å². The SMILES string of the molecule is O=c1c2ccccc2c2cc(-c3cc(-c4ccccc4)nc(-c4ccccc4)c3)cc3c4cc(-c5cc(-c6ccccc6)cc(-c6ccccc6)c5)ccc4n1c23. The molecule has 11 rings (SSSR count). The Morgan fingerprint density at radius 1 is 0.298 bits per heavy atom. The zero-order chi connectivity index (χ0) is 37.9. The van der Waals surface area contributed by atoms with Crippen molar-refractivity contribution in [2.45, 2.75) is 0 Å². The molecule has 0 amide bonds. The Morgan fingerprint density at radius 3 is 1.25 bits per heavy atom. The van der Waals surface area contributed by atoms with Crippen LogP contribution in [0.4, 0.5) is 0 Å². The van der Waals surface area contributed by atoms with Gasteiger partial charge in [0.25, 0.3) is 5.56 Å². The van der Waals surface area contributed by atoms with E-state index in [-0.39, 0.29) is 5.56 Å². The van der Waals surface area contributed by atoms with Crippen LogP contribution in [0.2, 0.25) is 0 Å². The molecule has 0 unspecified atom stereocenters. The number of benzene rings is 8. The van der Waals surface area contributed by atoms with Gasteiger partial charge in [-0.15, -0.1) is 0 Å². The van der Waals surface area contributed by atoms with Crippen molar-refractivity contribution in [3.8, 4) is 67.0 Å². The Labute approximate surface area is 329 Å². The quantitative estimate of drug-likeness (QED) is 0.160. The molecule has 0 bridgehead atoms. The van der Waals surface area contributed by atoms with E-state index in [1.807, 2.05) is 34.7 Å². The lowest BCUT2D eigenvalue weighted by atomic mass is 9.92. The van der Waals surface area contributed by atoms with Crippen LogP contribution in [0.5, 0.6) is 0 Å². The maximum Gasteiger partial charge on any atom is 0.263 e. The minimum atomic E-state index is -0.00215. The summed E-state index contributed by atoms with van der Waals surface area (Å²) in [6, 6.07) is 72.2. The van der Waals surface area contributed by atoms with Gasteiger partial charge in [-0.25, -0.2) is 4.98 Å². The maximum atomic E-state index is 14.4. The van der Waals surface area contributed by atoms with E-state index in [0.717, 1.165) is 88.5 Å². The molecule has 0 fully saturated rings. The van der Waals surface area contributed by atoms with E-state index in [4.69, 9.17) is 4.98 Å². The third-order valence-electron chi connectivity index (χ3n) is 11.3. The van der Waals surface area contributed by atoms with Crippen LogP contribution in [0.3, 0.4) is 0 Å². The highest BCUT2D eigenvalue weighted by atomic mass is 16.1. The van der Waals surface area contributed by atoms with Gasteiger partial charge in [0.15, 0.2) is 0 Å². The van der Waals surface area contributed by atoms with Gasteiger partial charge in [0, 0.05) is 32.7 Å². The molecule has 0 saturated carbocycles. The van der Waals surface area contributed by atoms with Gasteiger partial charge in [-0.3, -0.25) is 9.20 Å². The Morgan fingerprint density at radius 2 is 0.702 bits per heavy atom. The number of aromatic nitrogens is 2. The van der Waals surface area contributed by atoms with Gasteiger partial charge in [-0.1, -0.05) is 146 Å². The van der Waals surface area contributed by atoms with Crippen molar-refractivity contribution in [2.24, 2.45) is 0 Å². The summed E-state index contributed by atoms with van der Waals surface area (Å²) in [6.45, 7) is 0. The molecule has 3 aromatic heterocycles. The third-order valence-corrected chi connectivity index (χ3v) is 11.3. The first kappa shape index (κ1) is 32.8. The van der Waals surface area contributed by atoms with Crippen LogP contribution in [-0.2, 0) is 0 Å². The predicted molar refractivity (Wildman–Crippen MR) is 238 cm³/mol. The average Bonchev–Trinajstić information content (AvgIpc) is 3.63. The minimum Gasteiger partial charge on any atom is -0.275 e. The third kappa shape index (κ3) is 5.60. The van der Waals surface area contributed by atoms with Crippen LogP contribution in [0.15, 0.2) is 211 Å². The van der Waals surface area contributed by atoms with Crippen LogP contribution in [0, 0.1) is 0 Å². The highest BCUT2D eigenvalue weighted by molar-refractivity contribution is 6.22. The van der Waals surface area contributed by atoms with Gasteiger partial charge in [0.2, 0.25) is 0 Å². The van der Waals surface area contributed by atoms with E-state index in [1.54, 1.807) is 0 Å². The maximum absolute atomic E-state index is 14.4. The van der Waals surface area contributed by atoms with Crippen LogP contribution in [-0.4, -0.2) is 9.38 Å². The lowest BCUT2D eigenvalue weighted by molar-refractivity contribution is 1.21. The van der Waals surface area contributed by atoms with Crippen LogP contribution < -0.4 is 5.56 Å². The summed E-state index contributed by atoms with van der Waals surface area (Å²) in [5.41, 5.74) is 14.8. The van der Waals surface area contributed by atoms with Crippen LogP contribution >= 0.6 is 0 Å². The first-order valence-corrected chi connectivity index (χ1v) is 19.3. The minimum absolute atomic E-state index is 0.00215. The van der Waals surface area contributed by atoms with E-state index in [9.17, 15) is 4.79 Å². The Balaban J connectivity index is 1.19. The summed E-state index contributed by atoms with van der Waals surface area (Å²) < 4.78 is 1.93. The summed E-state index contributed by atoms with van der Waals surface area (Å²) in [6.07, 6.45) is 0. The van der Waals surface area contributed by atoms with Crippen molar-refractivity contribution in [3.63, 3.8) is 0 Å². The van der Waals surface area contributed by atoms with Crippen molar-refractivity contribution in [1.29, 1.82) is 0 Å². The first-order valence-electron chi connectivity index (χ1n) is 19.3. The van der Waals surface area contributed by atoms with Crippen LogP contribution in [0.25, 0.3) is 105 Å². The van der Waals surface area contributed by atoms with Crippen molar-refractivity contribution in [2.75, 3.05) is 0 Å². The molecule has 8 aromatic carbocycles. The molecule has 0 aliphatic heterocycles. The number of pyridine rings is 2. The molecular weight excluding hydrogens is 693 g/mol. The molecule has 0 radical (unpaired) electrons. The second kappa shape index (κ2) is 13.3. The fourth-order valence-corrected chi connectivity index (χ4v) is 8.53. The Bertz CT molecular complexity index is 3220. The summed E-state index contributed by atoms with van der Waals surface area (Å²) in [7, 11) is 0. The molecule has 0 atom stereocenters. The predicted octanol–water partition coefficient (Wildman–Crippen LogP) is 13.6. The molecule has 3 heterocycles. The highest BCUT2D eigenvalue weighted by Crippen LogP contribution is 2.41. The molecule has 0 N–H and O–H groups in total. The molecule has 3 nitrogen and oxygen atoms in total. The van der Waals surface area contributed by atoms with Crippen LogP contribution in [0.1, 0.15) is 0 Å². The fourth-order valence-electron chi connectivity index (χ4n) is 8.53. The van der Waals surface area contributed by atoms with Crippen molar-refractivity contribution in [3.05, 3.63) is 217 Å². The van der Waals surface area contributed by atoms with Crippen molar-refractivity contribution in [1.82, 2.24) is 9.38 Å².